The highest BCUT2D eigenvalue weighted by Crippen LogP contribution is 2.20. The van der Waals surface area contributed by atoms with Crippen molar-refractivity contribution in [2.24, 2.45) is 0 Å². The molecule has 0 saturated carbocycles. The lowest BCUT2D eigenvalue weighted by Gasteiger charge is -2.33. The van der Waals surface area contributed by atoms with Crippen molar-refractivity contribution in [2.75, 3.05) is 36.9 Å². The zero-order valence-electron chi connectivity index (χ0n) is 10.8. The molecule has 102 valence electrons. The van der Waals surface area contributed by atoms with E-state index in [0.29, 0.717) is 24.0 Å². The largest absolute Gasteiger partial charge is 0.395 e. The highest BCUT2D eigenvalue weighted by Gasteiger charge is 2.19. The number of piperidine rings is 1. The fourth-order valence-electron chi connectivity index (χ4n) is 2.32. The minimum atomic E-state index is 0.175. The van der Waals surface area contributed by atoms with Crippen molar-refractivity contribution in [2.45, 2.75) is 18.9 Å². The maximum absolute atomic E-state index is 8.82. The summed E-state index contributed by atoms with van der Waals surface area (Å²) >= 11 is 0. The average molecular weight is 261 g/mol. The van der Waals surface area contributed by atoms with Gasteiger partial charge in [-0.3, -0.25) is 0 Å². The second-order valence-corrected chi connectivity index (χ2v) is 4.65. The molecule has 0 aliphatic carbocycles. The Bertz CT molecular complexity index is 463. The van der Waals surface area contributed by atoms with E-state index in [1.807, 2.05) is 12.1 Å². The van der Waals surface area contributed by atoms with Crippen LogP contribution in [-0.4, -0.2) is 42.4 Å². The van der Waals surface area contributed by atoms with Crippen LogP contribution in [-0.2, 0) is 0 Å². The van der Waals surface area contributed by atoms with E-state index in [9.17, 15) is 0 Å². The van der Waals surface area contributed by atoms with Crippen LogP contribution in [0, 0.1) is 11.3 Å². The normalized spacial score (nSPS) is 16.3. The molecular formula is C13H19N5O. The molecule has 0 aromatic carbocycles. The number of anilines is 2. The maximum atomic E-state index is 8.82. The Balaban J connectivity index is 1.94. The van der Waals surface area contributed by atoms with Crippen LogP contribution in [0.15, 0.2) is 12.1 Å². The number of nitrogens with two attached hydrogens (primary N) is 1. The van der Waals surface area contributed by atoms with Gasteiger partial charge in [-0.1, -0.05) is 0 Å². The lowest BCUT2D eigenvalue weighted by Crippen LogP contribution is -2.43. The van der Waals surface area contributed by atoms with Crippen LogP contribution in [0.5, 0.6) is 0 Å². The van der Waals surface area contributed by atoms with Crippen LogP contribution in [0.3, 0.4) is 0 Å². The van der Waals surface area contributed by atoms with Gasteiger partial charge < -0.3 is 21.1 Å². The van der Waals surface area contributed by atoms with E-state index in [0.717, 1.165) is 31.7 Å². The number of aromatic nitrogens is 1. The van der Waals surface area contributed by atoms with Crippen LogP contribution in [0.4, 0.5) is 11.6 Å². The number of nitrogens with one attached hydrogen (secondary N) is 1. The molecule has 1 aromatic heterocycles. The number of aliphatic hydroxyl groups is 1. The van der Waals surface area contributed by atoms with E-state index in [4.69, 9.17) is 16.1 Å². The molecule has 0 atom stereocenters. The number of nitrogens with zero attached hydrogens (tertiary/aromatic N) is 3. The van der Waals surface area contributed by atoms with Gasteiger partial charge in [0, 0.05) is 25.7 Å². The lowest BCUT2D eigenvalue weighted by molar-refractivity contribution is 0.277. The van der Waals surface area contributed by atoms with Crippen molar-refractivity contribution >= 4 is 11.6 Å². The number of hydrogen-bond acceptors (Lipinski definition) is 6. The van der Waals surface area contributed by atoms with Gasteiger partial charge in [0.1, 0.15) is 17.7 Å². The van der Waals surface area contributed by atoms with Crippen LogP contribution in [0.1, 0.15) is 18.4 Å². The Labute approximate surface area is 112 Å². The van der Waals surface area contributed by atoms with Gasteiger partial charge in [0.15, 0.2) is 0 Å². The summed E-state index contributed by atoms with van der Waals surface area (Å²) in [6.45, 7) is 2.63. The van der Waals surface area contributed by atoms with Gasteiger partial charge in [0.05, 0.1) is 12.2 Å². The maximum Gasteiger partial charge on any atom is 0.143 e. The van der Waals surface area contributed by atoms with Crippen molar-refractivity contribution in [1.29, 1.82) is 5.26 Å². The smallest absolute Gasteiger partial charge is 0.143 e. The number of aliphatic hydroxyl groups excluding tert-OH is 1. The number of rotatable bonds is 4. The molecule has 6 nitrogen and oxygen atoms in total. The molecule has 19 heavy (non-hydrogen) atoms. The molecule has 0 amide bonds. The Morgan fingerprint density at radius 3 is 2.79 bits per heavy atom. The van der Waals surface area contributed by atoms with Crippen LogP contribution in [0.25, 0.3) is 0 Å². The predicted molar refractivity (Wildman–Crippen MR) is 73.7 cm³/mol. The minimum Gasteiger partial charge on any atom is -0.395 e. The van der Waals surface area contributed by atoms with E-state index < -0.39 is 0 Å². The first-order valence-electron chi connectivity index (χ1n) is 6.50. The summed E-state index contributed by atoms with van der Waals surface area (Å²) in [7, 11) is 0. The Hall–Kier alpha value is -1.84. The number of hydrogen-bond donors (Lipinski definition) is 3. The van der Waals surface area contributed by atoms with Crippen molar-refractivity contribution in [3.05, 3.63) is 17.7 Å². The van der Waals surface area contributed by atoms with Gasteiger partial charge in [0.2, 0.25) is 0 Å². The molecule has 1 saturated heterocycles. The van der Waals surface area contributed by atoms with Gasteiger partial charge in [-0.05, 0) is 25.0 Å². The topological polar surface area (TPSA) is 98.2 Å². The molecule has 0 radical (unpaired) electrons. The molecule has 1 aliphatic heterocycles. The van der Waals surface area contributed by atoms with E-state index in [1.165, 1.54) is 0 Å². The SMILES string of the molecule is N#Cc1ccc(N2CCC(NCCO)CC2)nc1N. The van der Waals surface area contributed by atoms with Crippen LogP contribution < -0.4 is 16.0 Å². The van der Waals surface area contributed by atoms with E-state index >= 15 is 0 Å². The third kappa shape index (κ3) is 3.34. The van der Waals surface area contributed by atoms with Gasteiger partial charge in [0.25, 0.3) is 0 Å². The second-order valence-electron chi connectivity index (χ2n) is 4.65. The molecule has 6 heteroatoms. The monoisotopic (exact) mass is 261 g/mol. The summed E-state index contributed by atoms with van der Waals surface area (Å²) in [6, 6.07) is 6.03. The summed E-state index contributed by atoms with van der Waals surface area (Å²) < 4.78 is 0. The van der Waals surface area contributed by atoms with Crippen molar-refractivity contribution < 1.29 is 5.11 Å². The standard InChI is InChI=1S/C13H19N5O/c14-9-10-1-2-12(17-13(10)15)18-6-3-11(4-7-18)16-5-8-19/h1-2,11,16,19H,3-8H2,(H2,15,17). The second kappa shape index (κ2) is 6.36. The van der Waals surface area contributed by atoms with Gasteiger partial charge >= 0.3 is 0 Å². The van der Waals surface area contributed by atoms with Gasteiger partial charge in [-0.15, -0.1) is 0 Å². The van der Waals surface area contributed by atoms with Crippen LogP contribution >= 0.6 is 0 Å². The highest BCUT2D eigenvalue weighted by molar-refractivity contribution is 5.54. The fraction of sp³-hybridized carbons (Fsp3) is 0.538. The zero-order chi connectivity index (χ0) is 13.7. The number of pyridine rings is 1. The first-order chi connectivity index (χ1) is 9.24. The third-order valence-electron chi connectivity index (χ3n) is 3.39. The van der Waals surface area contributed by atoms with Crippen molar-refractivity contribution in [3.63, 3.8) is 0 Å². The summed E-state index contributed by atoms with van der Waals surface area (Å²) in [5.74, 6) is 1.12. The first-order valence-corrected chi connectivity index (χ1v) is 6.50. The van der Waals surface area contributed by atoms with Crippen molar-refractivity contribution in [1.82, 2.24) is 10.3 Å². The molecule has 0 spiro atoms. The Morgan fingerprint density at radius 1 is 1.47 bits per heavy atom. The summed E-state index contributed by atoms with van der Waals surface area (Å²) in [5.41, 5.74) is 6.15. The predicted octanol–water partition coefficient (Wildman–Crippen LogP) is 0.0862. The summed E-state index contributed by atoms with van der Waals surface area (Å²) in [5, 5.41) is 20.9. The molecule has 1 fully saturated rings. The van der Waals surface area contributed by atoms with E-state index in [2.05, 4.69) is 15.2 Å². The van der Waals surface area contributed by atoms with Crippen LogP contribution in [0.2, 0.25) is 0 Å². The van der Waals surface area contributed by atoms with Gasteiger partial charge in [-0.25, -0.2) is 4.98 Å². The zero-order valence-corrected chi connectivity index (χ0v) is 10.8. The molecular weight excluding hydrogens is 242 g/mol. The number of nitrogen functional groups attached to an aromatic ring is 1. The minimum absolute atomic E-state index is 0.175. The molecule has 0 unspecified atom stereocenters. The Morgan fingerprint density at radius 2 is 2.21 bits per heavy atom. The summed E-state index contributed by atoms with van der Waals surface area (Å²) in [6.07, 6.45) is 2.03. The fourth-order valence-corrected chi connectivity index (χ4v) is 2.32. The molecule has 2 heterocycles. The lowest BCUT2D eigenvalue weighted by atomic mass is 10.1. The molecule has 1 aromatic rings. The Kier molecular flexibility index (Phi) is 4.55. The number of nitriles is 1. The average Bonchev–Trinajstić information content (AvgIpc) is 2.45. The highest BCUT2D eigenvalue weighted by atomic mass is 16.3. The molecule has 2 rings (SSSR count). The molecule has 1 aliphatic rings. The van der Waals surface area contributed by atoms with Crippen molar-refractivity contribution in [3.8, 4) is 6.07 Å². The molecule has 4 N–H and O–H groups in total. The van der Waals surface area contributed by atoms with Gasteiger partial charge in [-0.2, -0.15) is 5.26 Å². The third-order valence-corrected chi connectivity index (χ3v) is 3.39. The first kappa shape index (κ1) is 13.6. The van der Waals surface area contributed by atoms with E-state index in [-0.39, 0.29) is 6.61 Å². The van der Waals surface area contributed by atoms with E-state index in [1.54, 1.807) is 6.07 Å². The summed E-state index contributed by atoms with van der Waals surface area (Å²) in [4.78, 5) is 6.45. The quantitative estimate of drug-likeness (QED) is 0.710. The molecule has 0 bridgehead atoms.